The molecule has 204 valence electrons. The number of rotatable bonds is 5. The third-order valence-electron chi connectivity index (χ3n) is 6.12. The highest BCUT2D eigenvalue weighted by molar-refractivity contribution is 6.04. The van der Waals surface area contributed by atoms with Gasteiger partial charge in [-0.3, -0.25) is 9.69 Å². The molecule has 1 amide bonds. The fraction of sp³-hybridized carbons (Fsp3) is 0.276. The van der Waals surface area contributed by atoms with E-state index in [-0.39, 0.29) is 5.91 Å². The van der Waals surface area contributed by atoms with Crippen LogP contribution in [0.25, 0.3) is 11.1 Å². The first-order valence-corrected chi connectivity index (χ1v) is 12.3. The molecule has 4 rings (SSSR count). The minimum Gasteiger partial charge on any atom is -0.475 e. The molecule has 0 unspecified atom stereocenters. The van der Waals surface area contributed by atoms with Crippen molar-refractivity contribution in [2.45, 2.75) is 19.1 Å². The van der Waals surface area contributed by atoms with Crippen LogP contribution < -0.4 is 5.32 Å². The SMILES string of the molecule is CN1CCCN(Cc2ccc(-c3cccc(NC(=O)c4cccc(C#N)c4)c3)cc2)CC1.O=C(O)C(F)(F)F. The Morgan fingerprint density at radius 1 is 0.949 bits per heavy atom. The van der Waals surface area contributed by atoms with Gasteiger partial charge in [0.1, 0.15) is 0 Å². The van der Waals surface area contributed by atoms with Gasteiger partial charge in [0.05, 0.1) is 11.6 Å². The van der Waals surface area contributed by atoms with Crippen molar-refractivity contribution in [2.24, 2.45) is 0 Å². The van der Waals surface area contributed by atoms with Gasteiger partial charge in [0.2, 0.25) is 0 Å². The lowest BCUT2D eigenvalue weighted by Crippen LogP contribution is -2.28. The van der Waals surface area contributed by atoms with Gasteiger partial charge in [-0.2, -0.15) is 18.4 Å². The molecule has 7 nitrogen and oxygen atoms in total. The summed E-state index contributed by atoms with van der Waals surface area (Å²) in [6.45, 7) is 5.53. The van der Waals surface area contributed by atoms with Crippen molar-refractivity contribution in [3.63, 3.8) is 0 Å². The zero-order chi connectivity index (χ0) is 28.4. The number of carbonyl (C=O) groups is 2. The van der Waals surface area contributed by atoms with E-state index in [1.165, 1.54) is 18.5 Å². The highest BCUT2D eigenvalue weighted by Gasteiger charge is 2.38. The van der Waals surface area contributed by atoms with Crippen molar-refractivity contribution in [3.05, 3.63) is 89.5 Å². The second-order valence-corrected chi connectivity index (χ2v) is 9.16. The molecule has 3 aromatic carbocycles. The Morgan fingerprint density at radius 2 is 1.64 bits per heavy atom. The first kappa shape index (κ1) is 29.4. The molecule has 1 fully saturated rings. The van der Waals surface area contributed by atoms with E-state index in [2.05, 4.69) is 52.5 Å². The van der Waals surface area contributed by atoms with Gasteiger partial charge in [-0.25, -0.2) is 4.79 Å². The zero-order valence-electron chi connectivity index (χ0n) is 21.4. The first-order valence-electron chi connectivity index (χ1n) is 12.3. The number of carbonyl (C=O) groups excluding carboxylic acids is 1. The van der Waals surface area contributed by atoms with E-state index < -0.39 is 12.1 Å². The standard InChI is InChI=1S/C27H28N4O.C2HF3O2/c1-30-13-4-14-31(16-15-30)20-21-9-11-23(12-10-21)24-6-3-8-26(18-24)29-27(32)25-7-2-5-22(17-25)19-28;3-2(4,5)1(6)7/h2-3,5-12,17-18H,4,13-16,20H2,1H3,(H,29,32);(H,6,7). The second kappa shape index (κ2) is 13.6. The summed E-state index contributed by atoms with van der Waals surface area (Å²) in [5.74, 6) is -2.98. The maximum absolute atomic E-state index is 12.6. The molecule has 0 aromatic heterocycles. The van der Waals surface area contributed by atoms with Gasteiger partial charge in [-0.15, -0.1) is 0 Å². The van der Waals surface area contributed by atoms with Crippen molar-refractivity contribution < 1.29 is 27.9 Å². The number of hydrogen-bond acceptors (Lipinski definition) is 5. The molecule has 3 aromatic rings. The maximum Gasteiger partial charge on any atom is 0.490 e. The van der Waals surface area contributed by atoms with Crippen molar-refractivity contribution in [1.29, 1.82) is 5.26 Å². The number of nitriles is 1. The van der Waals surface area contributed by atoms with E-state index in [1.807, 2.05) is 24.3 Å². The van der Waals surface area contributed by atoms with Crippen LogP contribution in [-0.4, -0.2) is 66.2 Å². The molecule has 0 saturated carbocycles. The molecule has 0 bridgehead atoms. The number of carboxylic acid groups (broad SMARTS) is 1. The first-order chi connectivity index (χ1) is 18.5. The monoisotopic (exact) mass is 538 g/mol. The summed E-state index contributed by atoms with van der Waals surface area (Å²) in [6, 6.07) is 25.3. The van der Waals surface area contributed by atoms with E-state index in [0.717, 1.165) is 43.0 Å². The predicted octanol–water partition coefficient (Wildman–Crippen LogP) is 5.25. The number of likely N-dealkylation sites (N-methyl/N-ethyl adjacent to an activating group) is 1. The Bertz CT molecular complexity index is 1320. The summed E-state index contributed by atoms with van der Waals surface area (Å²) in [5.41, 5.74) is 5.16. The van der Waals surface area contributed by atoms with Crippen LogP contribution in [0.5, 0.6) is 0 Å². The fourth-order valence-electron chi connectivity index (χ4n) is 4.03. The zero-order valence-corrected chi connectivity index (χ0v) is 21.4. The Kier molecular flexibility index (Phi) is 10.2. The molecule has 1 saturated heterocycles. The van der Waals surface area contributed by atoms with Crippen LogP contribution in [-0.2, 0) is 11.3 Å². The number of carboxylic acids is 1. The number of benzene rings is 3. The molecule has 2 N–H and O–H groups in total. The molecular formula is C29H29F3N4O3. The number of hydrogen-bond donors (Lipinski definition) is 2. The molecule has 10 heteroatoms. The van der Waals surface area contributed by atoms with Crippen LogP contribution in [0.15, 0.2) is 72.8 Å². The molecule has 1 aliphatic heterocycles. The van der Waals surface area contributed by atoms with Crippen LogP contribution in [0.3, 0.4) is 0 Å². The molecule has 39 heavy (non-hydrogen) atoms. The highest BCUT2D eigenvalue weighted by atomic mass is 19.4. The number of nitrogens with one attached hydrogen (secondary N) is 1. The number of halogens is 3. The number of nitrogens with zero attached hydrogens (tertiary/aromatic N) is 3. The third-order valence-corrected chi connectivity index (χ3v) is 6.12. The van der Waals surface area contributed by atoms with Gasteiger partial charge in [-0.05, 0) is 73.6 Å². The van der Waals surface area contributed by atoms with Gasteiger partial charge in [0.25, 0.3) is 5.91 Å². The average Bonchev–Trinajstić information content (AvgIpc) is 3.12. The smallest absolute Gasteiger partial charge is 0.475 e. The Morgan fingerprint density at radius 3 is 2.31 bits per heavy atom. The van der Waals surface area contributed by atoms with Gasteiger partial charge >= 0.3 is 12.1 Å². The van der Waals surface area contributed by atoms with Crippen molar-refractivity contribution in [3.8, 4) is 17.2 Å². The number of amides is 1. The summed E-state index contributed by atoms with van der Waals surface area (Å²) in [5, 5.41) is 19.1. The normalized spacial score (nSPS) is 14.3. The number of alkyl halides is 3. The Balaban J connectivity index is 0.000000532. The van der Waals surface area contributed by atoms with E-state index in [1.54, 1.807) is 24.3 Å². The molecule has 0 spiro atoms. The third kappa shape index (κ3) is 9.25. The minimum atomic E-state index is -5.08. The summed E-state index contributed by atoms with van der Waals surface area (Å²) >= 11 is 0. The van der Waals surface area contributed by atoms with Crippen LogP contribution in [0.4, 0.5) is 18.9 Å². The maximum atomic E-state index is 12.6. The molecule has 0 radical (unpaired) electrons. The summed E-state index contributed by atoms with van der Waals surface area (Å²) in [4.78, 5) is 26.4. The van der Waals surface area contributed by atoms with Crippen LogP contribution >= 0.6 is 0 Å². The molecular weight excluding hydrogens is 509 g/mol. The van der Waals surface area contributed by atoms with E-state index >= 15 is 0 Å². The summed E-state index contributed by atoms with van der Waals surface area (Å²) < 4.78 is 31.7. The predicted molar refractivity (Wildman–Crippen MR) is 142 cm³/mol. The minimum absolute atomic E-state index is 0.224. The molecule has 1 heterocycles. The molecule has 0 aliphatic carbocycles. The largest absolute Gasteiger partial charge is 0.490 e. The number of aliphatic carboxylic acids is 1. The topological polar surface area (TPSA) is 96.7 Å². The van der Waals surface area contributed by atoms with Gasteiger partial charge in [0.15, 0.2) is 0 Å². The quantitative estimate of drug-likeness (QED) is 0.461. The van der Waals surface area contributed by atoms with Crippen molar-refractivity contribution in [2.75, 3.05) is 38.5 Å². The van der Waals surface area contributed by atoms with Crippen LogP contribution in [0.1, 0.15) is 27.9 Å². The lowest BCUT2D eigenvalue weighted by Gasteiger charge is -2.20. The highest BCUT2D eigenvalue weighted by Crippen LogP contribution is 2.24. The van der Waals surface area contributed by atoms with Crippen LogP contribution in [0.2, 0.25) is 0 Å². The average molecular weight is 539 g/mol. The Labute approximate surface area is 225 Å². The summed E-state index contributed by atoms with van der Waals surface area (Å²) in [7, 11) is 2.19. The van der Waals surface area contributed by atoms with Gasteiger partial charge in [0, 0.05) is 30.9 Å². The molecule has 1 aliphatic rings. The summed E-state index contributed by atoms with van der Waals surface area (Å²) in [6.07, 6.45) is -3.87. The van der Waals surface area contributed by atoms with E-state index in [9.17, 15) is 18.0 Å². The molecule has 0 atom stereocenters. The fourth-order valence-corrected chi connectivity index (χ4v) is 4.03. The van der Waals surface area contributed by atoms with E-state index in [0.29, 0.717) is 11.1 Å². The lowest BCUT2D eigenvalue weighted by molar-refractivity contribution is -0.192. The number of anilines is 1. The lowest BCUT2D eigenvalue weighted by atomic mass is 10.0. The van der Waals surface area contributed by atoms with Gasteiger partial charge in [-0.1, -0.05) is 42.5 Å². The van der Waals surface area contributed by atoms with Gasteiger partial charge < -0.3 is 15.3 Å². The van der Waals surface area contributed by atoms with Crippen molar-refractivity contribution >= 4 is 17.6 Å². The van der Waals surface area contributed by atoms with Crippen molar-refractivity contribution in [1.82, 2.24) is 9.80 Å². The van der Waals surface area contributed by atoms with E-state index in [4.69, 9.17) is 15.2 Å². The van der Waals surface area contributed by atoms with Crippen LogP contribution in [0, 0.1) is 11.3 Å². The Hall–Kier alpha value is -4.20. The second-order valence-electron chi connectivity index (χ2n) is 9.16.